The van der Waals surface area contributed by atoms with Crippen molar-refractivity contribution in [2.45, 2.75) is 69.3 Å². The molecule has 0 radical (unpaired) electrons. The third-order valence-corrected chi connectivity index (χ3v) is 6.52. The van der Waals surface area contributed by atoms with Gasteiger partial charge < -0.3 is 10.5 Å². The van der Waals surface area contributed by atoms with E-state index in [0.717, 1.165) is 44.1 Å². The van der Waals surface area contributed by atoms with Gasteiger partial charge >= 0.3 is 5.97 Å². The summed E-state index contributed by atoms with van der Waals surface area (Å²) in [7, 11) is 0. The molecular weight excluding hydrogens is 322 g/mol. The van der Waals surface area contributed by atoms with Gasteiger partial charge in [-0.25, -0.2) is 0 Å². The van der Waals surface area contributed by atoms with Gasteiger partial charge in [0.2, 0.25) is 0 Å². The quantitative estimate of drug-likeness (QED) is 0.592. The Hall–Kier alpha value is -1.61. The molecule has 2 saturated carbocycles. The van der Waals surface area contributed by atoms with E-state index in [4.69, 9.17) is 10.5 Å². The van der Waals surface area contributed by atoms with E-state index in [1.165, 1.54) is 19.3 Å². The molecule has 0 aromatic heterocycles. The molecule has 142 valence electrons. The van der Waals surface area contributed by atoms with Crippen LogP contribution in [0.2, 0.25) is 0 Å². The fourth-order valence-electron chi connectivity index (χ4n) is 4.82. The highest BCUT2D eigenvalue weighted by molar-refractivity contribution is 5.83. The zero-order chi connectivity index (χ0) is 18.4. The third-order valence-electron chi connectivity index (χ3n) is 6.52. The Morgan fingerprint density at radius 3 is 2.42 bits per heavy atom. The van der Waals surface area contributed by atoms with Crippen LogP contribution in [0.25, 0.3) is 0 Å². The maximum atomic E-state index is 13.5. The van der Waals surface area contributed by atoms with Crippen LogP contribution in [0.3, 0.4) is 0 Å². The Labute approximate surface area is 158 Å². The topological polar surface area (TPSA) is 52.3 Å². The first-order chi connectivity index (χ1) is 12.7. The molecule has 0 heterocycles. The van der Waals surface area contributed by atoms with Crippen molar-refractivity contribution in [2.24, 2.45) is 17.6 Å². The number of rotatable bonds is 6. The summed E-state index contributed by atoms with van der Waals surface area (Å²) in [5.74, 6) is 0.754. The number of carbonyl (C=O) groups is 1. The molecule has 1 aromatic rings. The molecule has 0 spiro atoms. The van der Waals surface area contributed by atoms with E-state index in [-0.39, 0.29) is 12.1 Å². The van der Waals surface area contributed by atoms with Crippen LogP contribution in [0, 0.1) is 11.8 Å². The number of ether oxygens (including phenoxy) is 1. The van der Waals surface area contributed by atoms with Crippen molar-refractivity contribution in [1.29, 1.82) is 0 Å². The van der Waals surface area contributed by atoms with E-state index in [2.05, 4.69) is 18.7 Å². The number of carbonyl (C=O) groups excluding carboxylic acids is 1. The summed E-state index contributed by atoms with van der Waals surface area (Å²) < 4.78 is 6.13. The molecule has 0 saturated heterocycles. The van der Waals surface area contributed by atoms with E-state index in [1.807, 2.05) is 24.3 Å². The average Bonchev–Trinajstić information content (AvgIpc) is 2.63. The highest BCUT2D eigenvalue weighted by Gasteiger charge is 2.46. The Morgan fingerprint density at radius 1 is 1.15 bits per heavy atom. The monoisotopic (exact) mass is 355 g/mol. The van der Waals surface area contributed by atoms with Crippen LogP contribution in [0.5, 0.6) is 0 Å². The maximum absolute atomic E-state index is 13.5. The lowest BCUT2D eigenvalue weighted by atomic mass is 9.68. The maximum Gasteiger partial charge on any atom is 0.316 e. The lowest BCUT2D eigenvalue weighted by Gasteiger charge is -2.44. The third kappa shape index (κ3) is 3.88. The molecule has 1 aromatic carbocycles. The average molecular weight is 356 g/mol. The van der Waals surface area contributed by atoms with Crippen molar-refractivity contribution in [1.82, 2.24) is 0 Å². The molecule has 3 nitrogen and oxygen atoms in total. The molecule has 3 atom stereocenters. The first-order valence-electron chi connectivity index (χ1n) is 10.3. The second-order valence-electron chi connectivity index (χ2n) is 8.04. The molecular formula is C23H33NO2. The second-order valence-corrected chi connectivity index (χ2v) is 8.04. The van der Waals surface area contributed by atoms with E-state index >= 15 is 0 Å². The van der Waals surface area contributed by atoms with Crippen LogP contribution in [-0.4, -0.2) is 18.6 Å². The van der Waals surface area contributed by atoms with E-state index in [1.54, 1.807) is 0 Å². The van der Waals surface area contributed by atoms with E-state index < -0.39 is 5.41 Å². The van der Waals surface area contributed by atoms with Crippen LogP contribution in [0.4, 0.5) is 0 Å². The van der Waals surface area contributed by atoms with Crippen molar-refractivity contribution in [3.05, 3.63) is 48.6 Å². The van der Waals surface area contributed by atoms with Crippen LogP contribution in [0.1, 0.15) is 63.4 Å². The van der Waals surface area contributed by atoms with Crippen LogP contribution in [0.15, 0.2) is 43.0 Å². The SMILES string of the molecule is C=CC1C[C@H](OC(=O)C2(c3ccccc3)CCCCCCC2)C1CCN. The minimum absolute atomic E-state index is 0.0000720. The summed E-state index contributed by atoms with van der Waals surface area (Å²) in [6.07, 6.45) is 11.5. The molecule has 0 amide bonds. The normalized spacial score (nSPS) is 28.3. The molecule has 2 N–H and O–H groups in total. The first-order valence-corrected chi connectivity index (χ1v) is 10.3. The number of esters is 1. The van der Waals surface area contributed by atoms with Gasteiger partial charge in [0.1, 0.15) is 6.10 Å². The molecule has 2 aliphatic carbocycles. The molecule has 0 bridgehead atoms. The van der Waals surface area contributed by atoms with Crippen LogP contribution < -0.4 is 5.73 Å². The van der Waals surface area contributed by atoms with Gasteiger partial charge in [0, 0.05) is 5.92 Å². The number of nitrogens with two attached hydrogens (primary N) is 1. The first kappa shape index (κ1) is 19.2. The van der Waals surface area contributed by atoms with Gasteiger partial charge in [-0.2, -0.15) is 0 Å². The van der Waals surface area contributed by atoms with Gasteiger partial charge in [0.15, 0.2) is 0 Å². The molecule has 26 heavy (non-hydrogen) atoms. The van der Waals surface area contributed by atoms with Crippen molar-refractivity contribution < 1.29 is 9.53 Å². The molecule has 0 aliphatic heterocycles. The van der Waals surface area contributed by atoms with Gasteiger partial charge in [-0.3, -0.25) is 4.79 Å². The summed E-state index contributed by atoms with van der Waals surface area (Å²) in [6, 6.07) is 10.3. The minimum Gasteiger partial charge on any atom is -0.461 e. The van der Waals surface area contributed by atoms with Crippen LogP contribution >= 0.6 is 0 Å². The second kappa shape index (κ2) is 8.85. The number of hydrogen-bond donors (Lipinski definition) is 1. The zero-order valence-electron chi connectivity index (χ0n) is 15.9. The van der Waals surface area contributed by atoms with Crippen molar-refractivity contribution in [3.8, 4) is 0 Å². The Kier molecular flexibility index (Phi) is 6.53. The summed E-state index contributed by atoms with van der Waals surface area (Å²) in [5, 5.41) is 0. The molecule has 2 fully saturated rings. The van der Waals surface area contributed by atoms with Crippen molar-refractivity contribution in [3.63, 3.8) is 0 Å². The minimum atomic E-state index is -0.478. The Bertz CT molecular complexity index is 589. The largest absolute Gasteiger partial charge is 0.461 e. The van der Waals surface area contributed by atoms with Crippen LogP contribution in [-0.2, 0) is 14.9 Å². The lowest BCUT2D eigenvalue weighted by Crippen LogP contribution is -2.48. The molecule has 3 rings (SSSR count). The van der Waals surface area contributed by atoms with Crippen molar-refractivity contribution in [2.75, 3.05) is 6.54 Å². The number of benzene rings is 1. The summed E-state index contributed by atoms with van der Waals surface area (Å²) in [6.45, 7) is 4.55. The zero-order valence-corrected chi connectivity index (χ0v) is 15.9. The highest BCUT2D eigenvalue weighted by atomic mass is 16.5. The summed E-state index contributed by atoms with van der Waals surface area (Å²) in [5.41, 5.74) is 6.42. The fourth-order valence-corrected chi connectivity index (χ4v) is 4.82. The smallest absolute Gasteiger partial charge is 0.316 e. The molecule has 2 unspecified atom stereocenters. The number of allylic oxidation sites excluding steroid dienone is 1. The van der Waals surface area contributed by atoms with Gasteiger partial charge in [0.25, 0.3) is 0 Å². The summed E-state index contributed by atoms with van der Waals surface area (Å²) >= 11 is 0. The predicted octanol–water partition coefficient (Wildman–Crippen LogP) is 4.75. The van der Waals surface area contributed by atoms with E-state index in [0.29, 0.717) is 18.4 Å². The van der Waals surface area contributed by atoms with Crippen molar-refractivity contribution >= 4 is 5.97 Å². The van der Waals surface area contributed by atoms with Gasteiger partial charge in [-0.05, 0) is 43.7 Å². The van der Waals surface area contributed by atoms with Gasteiger partial charge in [-0.15, -0.1) is 6.58 Å². The molecule has 3 heteroatoms. The predicted molar refractivity (Wildman–Crippen MR) is 106 cm³/mol. The van der Waals surface area contributed by atoms with Gasteiger partial charge in [-0.1, -0.05) is 68.5 Å². The summed E-state index contributed by atoms with van der Waals surface area (Å²) in [4.78, 5) is 13.5. The highest BCUT2D eigenvalue weighted by Crippen LogP contribution is 2.44. The Morgan fingerprint density at radius 2 is 1.81 bits per heavy atom. The lowest BCUT2D eigenvalue weighted by molar-refractivity contribution is -0.170. The molecule has 2 aliphatic rings. The Balaban J connectivity index is 1.80. The van der Waals surface area contributed by atoms with Gasteiger partial charge in [0.05, 0.1) is 5.41 Å². The standard InChI is InChI=1S/C23H33NO2/c1-2-18-17-21(20(18)13-16-24)26-22(25)23(19-11-7-6-8-12-19)14-9-4-3-5-10-15-23/h2,6-8,11-12,18,20-21H,1,3-5,9-10,13-17,24H2/t18?,20?,21-/m0/s1. The number of hydrogen-bond acceptors (Lipinski definition) is 3. The fraction of sp³-hybridized carbons (Fsp3) is 0.609. The van der Waals surface area contributed by atoms with E-state index in [9.17, 15) is 4.79 Å².